The molecule has 0 radical (unpaired) electrons. The molecule has 4 N–H and O–H groups in total. The molecule has 10 heteroatoms. The van der Waals surface area contributed by atoms with Gasteiger partial charge >= 0.3 is 11.7 Å². The number of amides is 1. The quantitative estimate of drug-likeness (QED) is 0.147. The predicted octanol–water partition coefficient (Wildman–Crippen LogP) is 5.69. The summed E-state index contributed by atoms with van der Waals surface area (Å²) >= 11 is 1.33. The minimum absolute atomic E-state index is 0.0833. The van der Waals surface area contributed by atoms with Gasteiger partial charge in [0.1, 0.15) is 0 Å². The van der Waals surface area contributed by atoms with E-state index >= 15 is 0 Å². The molecule has 1 heterocycles. The highest BCUT2D eigenvalue weighted by molar-refractivity contribution is 7.15. The topological polar surface area (TPSA) is 150 Å². The first-order valence-corrected chi connectivity index (χ1v) is 11.7. The normalized spacial score (nSPS) is 14.6. The number of anilines is 1. The molecule has 3 rings (SSSR count). The Labute approximate surface area is 210 Å². The zero-order valence-electron chi connectivity index (χ0n) is 19.4. The van der Waals surface area contributed by atoms with Crippen LogP contribution in [0.25, 0.3) is 10.4 Å². The van der Waals surface area contributed by atoms with E-state index in [2.05, 4.69) is 11.9 Å². The Morgan fingerprint density at radius 3 is 2.56 bits per heavy atom. The van der Waals surface area contributed by atoms with Crippen LogP contribution in [0.2, 0.25) is 0 Å². The van der Waals surface area contributed by atoms with Crippen molar-refractivity contribution in [3.63, 3.8) is 0 Å². The number of aliphatic hydroxyl groups is 2. The second-order valence-electron chi connectivity index (χ2n) is 7.87. The predicted molar refractivity (Wildman–Crippen MR) is 137 cm³/mol. The molecule has 36 heavy (non-hydrogen) atoms. The summed E-state index contributed by atoms with van der Waals surface area (Å²) in [6.07, 6.45) is 5.00. The van der Waals surface area contributed by atoms with Gasteiger partial charge in [-0.3, -0.25) is 19.7 Å². The third-order valence-corrected chi connectivity index (χ3v) is 6.61. The number of thiophene rings is 1. The van der Waals surface area contributed by atoms with Crippen molar-refractivity contribution < 1.29 is 29.8 Å². The van der Waals surface area contributed by atoms with Crippen LogP contribution in [0.4, 0.5) is 5.69 Å². The van der Waals surface area contributed by atoms with E-state index in [1.54, 1.807) is 30.4 Å². The standard InChI is InChI=1S/C26H24N2O7S/c1-3-21(28(34)35)25(32)24(31)15(2)16-7-6-8-17(13-16)26(33)27-20-10-5-4-9-19(20)22-12-11-18(36-22)14-23(29)30/h3-5,8-13,31-32H,1,6-7,14H2,2H3,(H,27,33)(H,29,30)/b24-15-,25-21-. The van der Waals surface area contributed by atoms with E-state index in [0.717, 1.165) is 16.5 Å². The number of benzene rings is 1. The molecule has 1 aliphatic rings. The molecule has 9 nitrogen and oxygen atoms in total. The molecule has 1 aromatic carbocycles. The average Bonchev–Trinajstić information content (AvgIpc) is 3.31. The Balaban J connectivity index is 1.87. The van der Waals surface area contributed by atoms with Crippen molar-refractivity contribution in [3.05, 3.63) is 110 Å². The highest BCUT2D eigenvalue weighted by Crippen LogP contribution is 2.34. The zero-order chi connectivity index (χ0) is 26.4. The second kappa shape index (κ2) is 11.3. The number of aliphatic hydroxyl groups excluding tert-OH is 2. The third-order valence-electron chi connectivity index (χ3n) is 5.49. The summed E-state index contributed by atoms with van der Waals surface area (Å²) in [4.78, 5) is 35.8. The summed E-state index contributed by atoms with van der Waals surface area (Å²) in [5.74, 6) is -2.88. The number of carbonyl (C=O) groups excluding carboxylic acids is 1. The fraction of sp³-hybridized carbons (Fsp3) is 0.154. The van der Waals surface area contributed by atoms with Gasteiger partial charge in [-0.25, -0.2) is 0 Å². The number of carboxylic acid groups (broad SMARTS) is 1. The number of allylic oxidation sites excluding steroid dienone is 4. The Kier molecular flexibility index (Phi) is 8.23. The van der Waals surface area contributed by atoms with Crippen LogP contribution in [0.3, 0.4) is 0 Å². The number of nitrogens with zero attached hydrogens (tertiary/aromatic N) is 1. The highest BCUT2D eigenvalue weighted by Gasteiger charge is 2.22. The summed E-state index contributed by atoms with van der Waals surface area (Å²) in [6, 6.07) is 10.7. The smallest absolute Gasteiger partial charge is 0.314 e. The summed E-state index contributed by atoms with van der Waals surface area (Å²) in [7, 11) is 0. The van der Waals surface area contributed by atoms with E-state index in [-0.39, 0.29) is 12.0 Å². The van der Waals surface area contributed by atoms with Crippen molar-refractivity contribution in [3.8, 4) is 10.4 Å². The van der Waals surface area contributed by atoms with Crippen molar-refractivity contribution in [1.82, 2.24) is 0 Å². The third kappa shape index (κ3) is 5.97. The largest absolute Gasteiger partial charge is 0.504 e. The van der Waals surface area contributed by atoms with Crippen molar-refractivity contribution >= 4 is 28.9 Å². The van der Waals surface area contributed by atoms with Crippen LogP contribution < -0.4 is 5.32 Å². The van der Waals surface area contributed by atoms with E-state index in [4.69, 9.17) is 5.11 Å². The van der Waals surface area contributed by atoms with Crippen LogP contribution in [0.5, 0.6) is 0 Å². The average molecular weight is 509 g/mol. The van der Waals surface area contributed by atoms with E-state index in [1.807, 2.05) is 18.2 Å². The number of hydrogen-bond acceptors (Lipinski definition) is 7. The fourth-order valence-electron chi connectivity index (χ4n) is 3.63. The van der Waals surface area contributed by atoms with E-state index < -0.39 is 34.0 Å². The van der Waals surface area contributed by atoms with Gasteiger partial charge in [-0.05, 0) is 55.2 Å². The number of nitrogens with one attached hydrogen (secondary N) is 1. The van der Waals surface area contributed by atoms with Crippen molar-refractivity contribution in [2.75, 3.05) is 5.32 Å². The number of aliphatic carboxylic acids is 1. The van der Waals surface area contributed by atoms with E-state index in [1.165, 1.54) is 18.3 Å². The van der Waals surface area contributed by atoms with Gasteiger partial charge < -0.3 is 20.6 Å². The molecule has 1 aromatic heterocycles. The van der Waals surface area contributed by atoms with Crippen molar-refractivity contribution in [2.24, 2.45) is 0 Å². The van der Waals surface area contributed by atoms with Crippen LogP contribution in [0.1, 0.15) is 24.6 Å². The Morgan fingerprint density at radius 1 is 1.17 bits per heavy atom. The van der Waals surface area contributed by atoms with Crippen molar-refractivity contribution in [1.29, 1.82) is 0 Å². The summed E-state index contributed by atoms with van der Waals surface area (Å²) < 4.78 is 0. The first-order valence-electron chi connectivity index (χ1n) is 10.8. The van der Waals surface area contributed by atoms with Gasteiger partial charge in [0.25, 0.3) is 5.91 Å². The van der Waals surface area contributed by atoms with Crippen LogP contribution in [0.15, 0.2) is 95.1 Å². The number of nitro groups is 1. The summed E-state index contributed by atoms with van der Waals surface area (Å²) in [6.45, 7) is 4.78. The van der Waals surface area contributed by atoms with Crippen LogP contribution >= 0.6 is 11.3 Å². The molecule has 0 atom stereocenters. The van der Waals surface area contributed by atoms with Crippen LogP contribution in [-0.4, -0.2) is 32.1 Å². The molecular weight excluding hydrogens is 484 g/mol. The molecule has 0 fully saturated rings. The number of hydrogen-bond donors (Lipinski definition) is 4. The van der Waals surface area contributed by atoms with Gasteiger partial charge in [0.15, 0.2) is 5.76 Å². The minimum Gasteiger partial charge on any atom is -0.504 e. The van der Waals surface area contributed by atoms with Crippen molar-refractivity contribution in [2.45, 2.75) is 26.2 Å². The SMILES string of the molecule is C=C/C(=C(O)\C(O)=C(/C)C1=CC(C(=O)Nc2ccccc2-c2ccc(CC(=O)O)s2)=CCC1)[N+](=O)[O-]. The maximum atomic E-state index is 13.1. The first kappa shape index (κ1) is 26.2. The summed E-state index contributed by atoms with van der Waals surface area (Å²) in [5.41, 5.74) is 1.64. The Hall–Kier alpha value is -4.44. The monoisotopic (exact) mass is 508 g/mol. The molecule has 0 saturated heterocycles. The lowest BCUT2D eigenvalue weighted by Gasteiger charge is -2.16. The molecular formula is C26H24N2O7S. The molecule has 1 amide bonds. The highest BCUT2D eigenvalue weighted by atomic mass is 32.1. The molecule has 0 bridgehead atoms. The van der Waals surface area contributed by atoms with Gasteiger partial charge in [-0.2, -0.15) is 0 Å². The van der Waals surface area contributed by atoms with Crippen LogP contribution in [0, 0.1) is 10.1 Å². The molecule has 0 saturated carbocycles. The number of carbonyl (C=O) groups is 2. The molecule has 0 unspecified atom stereocenters. The maximum absolute atomic E-state index is 13.1. The van der Waals surface area contributed by atoms with Gasteiger partial charge in [0.2, 0.25) is 5.76 Å². The summed E-state index contributed by atoms with van der Waals surface area (Å²) in [5, 5.41) is 43.5. The fourth-order valence-corrected chi connectivity index (χ4v) is 4.67. The van der Waals surface area contributed by atoms with E-state index in [0.29, 0.717) is 34.6 Å². The molecule has 2 aromatic rings. The minimum atomic E-state index is -0.921. The maximum Gasteiger partial charge on any atom is 0.314 e. The number of carboxylic acids is 1. The van der Waals surface area contributed by atoms with Gasteiger partial charge in [-0.1, -0.05) is 30.9 Å². The lowest BCUT2D eigenvalue weighted by Crippen LogP contribution is -2.16. The number of para-hydroxylation sites is 1. The molecule has 1 aliphatic carbocycles. The lowest BCUT2D eigenvalue weighted by molar-refractivity contribution is -0.421. The van der Waals surface area contributed by atoms with Crippen LogP contribution in [-0.2, 0) is 16.0 Å². The van der Waals surface area contributed by atoms with Gasteiger partial charge in [0.05, 0.1) is 11.3 Å². The molecule has 0 aliphatic heterocycles. The first-order chi connectivity index (χ1) is 17.1. The van der Waals surface area contributed by atoms with E-state index in [9.17, 15) is 29.9 Å². The number of rotatable bonds is 9. The Morgan fingerprint density at radius 2 is 1.89 bits per heavy atom. The Bertz CT molecular complexity index is 1360. The lowest BCUT2D eigenvalue weighted by atomic mass is 9.92. The second-order valence-corrected chi connectivity index (χ2v) is 9.04. The van der Waals surface area contributed by atoms with Gasteiger partial charge in [0, 0.05) is 32.7 Å². The van der Waals surface area contributed by atoms with Gasteiger partial charge in [-0.15, -0.1) is 11.3 Å². The molecule has 0 spiro atoms. The zero-order valence-corrected chi connectivity index (χ0v) is 20.2. The molecule has 186 valence electrons.